The van der Waals surface area contributed by atoms with Gasteiger partial charge in [0.2, 0.25) is 0 Å². The number of benzene rings is 1. The molecule has 2 rings (SSSR count). The quantitative estimate of drug-likeness (QED) is 0.597. The number of nitrogen functional groups attached to an aromatic ring is 1. The summed E-state index contributed by atoms with van der Waals surface area (Å²) in [6, 6.07) is 4.80. The van der Waals surface area contributed by atoms with Gasteiger partial charge in [-0.25, -0.2) is 0 Å². The van der Waals surface area contributed by atoms with Gasteiger partial charge < -0.3 is 10.3 Å². The first-order valence-corrected chi connectivity index (χ1v) is 5.41. The van der Waals surface area contributed by atoms with Crippen LogP contribution < -0.4 is 16.2 Å². The Morgan fingerprint density at radius 1 is 1.39 bits per heavy atom. The Labute approximate surface area is 102 Å². The van der Waals surface area contributed by atoms with Gasteiger partial charge in [0.15, 0.2) is 0 Å². The molecule has 0 atom stereocenters. The molecule has 1 aliphatic heterocycles. The minimum Gasteiger partial charge on any atom is -0.324 e. The minimum absolute atomic E-state index is 0.0688. The van der Waals surface area contributed by atoms with Crippen molar-refractivity contribution in [3.63, 3.8) is 0 Å². The summed E-state index contributed by atoms with van der Waals surface area (Å²) in [6.07, 6.45) is -3.69. The number of aryl methyl sites for hydroxylation is 1. The Morgan fingerprint density at radius 3 is 2.72 bits per heavy atom. The Morgan fingerprint density at radius 2 is 2.11 bits per heavy atom. The molecule has 0 fully saturated rings. The van der Waals surface area contributed by atoms with Gasteiger partial charge in [-0.15, -0.1) is 0 Å². The Balaban J connectivity index is 2.40. The lowest BCUT2D eigenvalue weighted by Crippen LogP contribution is -2.43. The molecule has 0 bridgehead atoms. The van der Waals surface area contributed by atoms with E-state index in [1.54, 1.807) is 12.1 Å². The molecule has 18 heavy (non-hydrogen) atoms. The third-order valence-corrected chi connectivity index (χ3v) is 2.86. The van der Waals surface area contributed by atoms with Crippen molar-refractivity contribution >= 4 is 17.3 Å². The molecule has 0 saturated heterocycles. The Kier molecular flexibility index (Phi) is 3.16. The molecule has 3 N–H and O–H groups in total. The molecule has 98 valence electrons. The number of nitrogens with one attached hydrogen (secondary N) is 1. The van der Waals surface area contributed by atoms with Gasteiger partial charge in [0, 0.05) is 12.2 Å². The zero-order valence-electron chi connectivity index (χ0n) is 9.42. The van der Waals surface area contributed by atoms with Crippen molar-refractivity contribution in [1.82, 2.24) is 0 Å². The zero-order chi connectivity index (χ0) is 13.3. The molecule has 0 aliphatic carbocycles. The molecule has 7 heteroatoms. The molecular formula is C11H12F3N3O. The molecule has 1 heterocycles. The van der Waals surface area contributed by atoms with Crippen molar-refractivity contribution in [2.75, 3.05) is 16.9 Å². The molecule has 1 aliphatic rings. The summed E-state index contributed by atoms with van der Waals surface area (Å²) in [5, 5.41) is 0. The van der Waals surface area contributed by atoms with Crippen molar-refractivity contribution in [2.24, 2.45) is 5.84 Å². The lowest BCUT2D eigenvalue weighted by molar-refractivity contribution is -0.170. The van der Waals surface area contributed by atoms with E-state index in [4.69, 9.17) is 5.84 Å². The number of anilines is 2. The van der Waals surface area contributed by atoms with Gasteiger partial charge in [0.05, 0.1) is 5.69 Å². The van der Waals surface area contributed by atoms with Gasteiger partial charge in [-0.3, -0.25) is 10.6 Å². The number of carbonyl (C=O) groups is 1. The van der Waals surface area contributed by atoms with Gasteiger partial charge in [0.25, 0.3) is 0 Å². The monoisotopic (exact) mass is 259 g/mol. The van der Waals surface area contributed by atoms with Crippen LogP contribution in [0.2, 0.25) is 0 Å². The van der Waals surface area contributed by atoms with Crippen LogP contribution >= 0.6 is 0 Å². The summed E-state index contributed by atoms with van der Waals surface area (Å²) in [6.45, 7) is 0.0688. The van der Waals surface area contributed by atoms with Crippen LogP contribution in [0.15, 0.2) is 18.2 Å². The summed E-state index contributed by atoms with van der Waals surface area (Å²) in [5.74, 6) is 3.38. The van der Waals surface area contributed by atoms with Crippen LogP contribution in [-0.2, 0) is 11.2 Å². The van der Waals surface area contributed by atoms with Crippen LogP contribution in [-0.4, -0.2) is 18.6 Å². The number of carbonyl (C=O) groups excluding carboxylic acids is 1. The van der Waals surface area contributed by atoms with Gasteiger partial charge in [-0.1, -0.05) is 6.07 Å². The van der Waals surface area contributed by atoms with Crippen LogP contribution in [0.1, 0.15) is 12.0 Å². The lowest BCUT2D eigenvalue weighted by Gasteiger charge is -2.30. The molecular weight excluding hydrogens is 247 g/mol. The van der Waals surface area contributed by atoms with Crippen LogP contribution in [0.4, 0.5) is 24.5 Å². The molecule has 0 unspecified atom stereocenters. The van der Waals surface area contributed by atoms with E-state index < -0.39 is 12.1 Å². The largest absolute Gasteiger partial charge is 0.471 e. The van der Waals surface area contributed by atoms with Gasteiger partial charge in [-0.05, 0) is 30.5 Å². The number of amides is 1. The number of hydrazine groups is 1. The number of alkyl halides is 3. The van der Waals surface area contributed by atoms with E-state index in [-0.39, 0.29) is 12.2 Å². The highest BCUT2D eigenvalue weighted by atomic mass is 19.4. The van der Waals surface area contributed by atoms with E-state index in [2.05, 4.69) is 5.43 Å². The maximum absolute atomic E-state index is 12.5. The average molecular weight is 259 g/mol. The normalized spacial score (nSPS) is 15.2. The van der Waals surface area contributed by atoms with Crippen molar-refractivity contribution in [3.05, 3.63) is 23.8 Å². The fourth-order valence-electron chi connectivity index (χ4n) is 2.03. The van der Waals surface area contributed by atoms with E-state index >= 15 is 0 Å². The number of nitrogens with zero attached hydrogens (tertiary/aromatic N) is 1. The SMILES string of the molecule is NNc1ccc2c(c1)N(C(=O)C(F)(F)F)CCC2. The van der Waals surface area contributed by atoms with Crippen molar-refractivity contribution in [3.8, 4) is 0 Å². The van der Waals surface area contributed by atoms with Gasteiger partial charge in [-0.2, -0.15) is 13.2 Å². The highest BCUT2D eigenvalue weighted by molar-refractivity contribution is 5.98. The molecule has 0 saturated carbocycles. The maximum Gasteiger partial charge on any atom is 0.471 e. The summed E-state index contributed by atoms with van der Waals surface area (Å²) in [4.78, 5) is 12.1. The smallest absolute Gasteiger partial charge is 0.324 e. The van der Waals surface area contributed by atoms with Gasteiger partial charge >= 0.3 is 12.1 Å². The van der Waals surface area contributed by atoms with Crippen molar-refractivity contribution in [1.29, 1.82) is 0 Å². The Bertz CT molecular complexity index is 473. The standard InChI is InChI=1S/C11H12F3N3O/c12-11(13,14)10(18)17-5-1-2-7-3-4-8(16-15)6-9(7)17/h3-4,6,16H,1-2,5,15H2. The molecule has 1 aromatic rings. The van der Waals surface area contributed by atoms with Gasteiger partial charge in [0.1, 0.15) is 0 Å². The number of rotatable bonds is 1. The van der Waals surface area contributed by atoms with Crippen LogP contribution in [0, 0.1) is 0 Å². The summed E-state index contributed by atoms with van der Waals surface area (Å²) in [5.41, 5.74) is 3.82. The molecule has 0 spiro atoms. The van der Waals surface area contributed by atoms with Crippen molar-refractivity contribution < 1.29 is 18.0 Å². The third-order valence-electron chi connectivity index (χ3n) is 2.86. The fraction of sp³-hybridized carbons (Fsp3) is 0.364. The fourth-order valence-corrected chi connectivity index (χ4v) is 2.03. The van der Waals surface area contributed by atoms with Crippen LogP contribution in [0.25, 0.3) is 0 Å². The first-order chi connectivity index (χ1) is 8.43. The second-order valence-corrected chi connectivity index (χ2v) is 4.05. The highest BCUT2D eigenvalue weighted by Gasteiger charge is 2.44. The van der Waals surface area contributed by atoms with Crippen molar-refractivity contribution in [2.45, 2.75) is 19.0 Å². The lowest BCUT2D eigenvalue weighted by atomic mass is 10.0. The highest BCUT2D eigenvalue weighted by Crippen LogP contribution is 2.32. The molecule has 0 aromatic heterocycles. The molecule has 0 radical (unpaired) electrons. The van der Waals surface area contributed by atoms with Crippen LogP contribution in [0.5, 0.6) is 0 Å². The number of hydrogen-bond acceptors (Lipinski definition) is 3. The second kappa shape index (κ2) is 4.49. The summed E-state index contributed by atoms with van der Waals surface area (Å²) < 4.78 is 37.4. The predicted molar refractivity (Wildman–Crippen MR) is 61.0 cm³/mol. The maximum atomic E-state index is 12.5. The summed E-state index contributed by atoms with van der Waals surface area (Å²) in [7, 11) is 0. The first-order valence-electron chi connectivity index (χ1n) is 5.41. The van der Waals surface area contributed by atoms with E-state index in [9.17, 15) is 18.0 Å². The molecule has 1 aromatic carbocycles. The van der Waals surface area contributed by atoms with E-state index in [0.717, 1.165) is 10.5 Å². The zero-order valence-corrected chi connectivity index (χ0v) is 9.42. The number of hydrogen-bond donors (Lipinski definition) is 2. The average Bonchev–Trinajstić information content (AvgIpc) is 2.35. The van der Waals surface area contributed by atoms with E-state index in [1.807, 2.05) is 0 Å². The summed E-state index contributed by atoms with van der Waals surface area (Å²) >= 11 is 0. The number of halogens is 3. The Hall–Kier alpha value is -1.76. The van der Waals surface area contributed by atoms with E-state index in [1.165, 1.54) is 6.07 Å². The minimum atomic E-state index is -4.86. The second-order valence-electron chi connectivity index (χ2n) is 4.05. The third kappa shape index (κ3) is 2.26. The topological polar surface area (TPSA) is 58.4 Å². The molecule has 4 nitrogen and oxygen atoms in total. The van der Waals surface area contributed by atoms with Crippen LogP contribution in [0.3, 0.4) is 0 Å². The molecule has 1 amide bonds. The predicted octanol–water partition coefficient (Wildman–Crippen LogP) is 1.81. The first kappa shape index (κ1) is 12.7. The van der Waals surface area contributed by atoms with E-state index in [0.29, 0.717) is 18.5 Å². The number of nitrogens with two attached hydrogens (primary N) is 1. The number of fused-ring (bicyclic) bond motifs is 1.